The summed E-state index contributed by atoms with van der Waals surface area (Å²) in [6, 6.07) is 23.9. The Kier molecular flexibility index (Phi) is 7.07. The summed E-state index contributed by atoms with van der Waals surface area (Å²) >= 11 is 9.36. The lowest BCUT2D eigenvalue weighted by atomic mass is 10.1. The van der Waals surface area contributed by atoms with Gasteiger partial charge >= 0.3 is 0 Å². The molecule has 29 heavy (non-hydrogen) atoms. The minimum Gasteiger partial charge on any atom is -0.488 e. The summed E-state index contributed by atoms with van der Waals surface area (Å²) in [5.74, 6) is 0.0455. The molecule has 1 N–H and O–H groups in total. The number of carbonyl (C=O) groups is 1. The first-order valence-corrected chi connectivity index (χ1v) is 9.87. The molecule has 0 aliphatic rings. The largest absolute Gasteiger partial charge is 0.488 e. The maximum Gasteiger partial charge on any atom is 0.266 e. The van der Waals surface area contributed by atoms with Crippen molar-refractivity contribution in [1.82, 2.24) is 0 Å². The minimum atomic E-state index is -0.524. The molecule has 0 aliphatic carbocycles. The van der Waals surface area contributed by atoms with Gasteiger partial charge in [-0.25, -0.2) is 0 Å². The number of nitrogens with zero attached hydrogens (tertiary/aromatic N) is 1. The van der Waals surface area contributed by atoms with Gasteiger partial charge in [0.2, 0.25) is 0 Å². The van der Waals surface area contributed by atoms with Gasteiger partial charge in [0.25, 0.3) is 5.91 Å². The minimum absolute atomic E-state index is 0.0485. The summed E-state index contributed by atoms with van der Waals surface area (Å²) in [6.07, 6.45) is 1.50. The molecule has 0 saturated heterocycles. The van der Waals surface area contributed by atoms with Crippen molar-refractivity contribution in [2.45, 2.75) is 6.61 Å². The summed E-state index contributed by atoms with van der Waals surface area (Å²) < 4.78 is 6.72. The van der Waals surface area contributed by atoms with E-state index in [1.807, 2.05) is 42.5 Å². The Morgan fingerprint density at radius 2 is 1.90 bits per heavy atom. The monoisotopic (exact) mass is 466 g/mol. The summed E-state index contributed by atoms with van der Waals surface area (Å²) in [7, 11) is 0. The van der Waals surface area contributed by atoms with Gasteiger partial charge in [0.1, 0.15) is 24.0 Å². The number of hydrogen-bond donors (Lipinski definition) is 1. The van der Waals surface area contributed by atoms with Crippen LogP contribution in [0.2, 0.25) is 5.02 Å². The third-order valence-corrected chi connectivity index (χ3v) is 4.68. The van der Waals surface area contributed by atoms with Crippen LogP contribution in [0.25, 0.3) is 6.08 Å². The predicted octanol–water partition coefficient (Wildman–Crippen LogP) is 6.23. The number of halogens is 2. The van der Waals surface area contributed by atoms with Gasteiger partial charge in [0.05, 0.1) is 0 Å². The maximum atomic E-state index is 12.5. The summed E-state index contributed by atoms with van der Waals surface area (Å²) in [6.45, 7) is 0.375. The lowest BCUT2D eigenvalue weighted by Crippen LogP contribution is -2.13. The number of nitriles is 1. The van der Waals surface area contributed by atoms with E-state index in [-0.39, 0.29) is 5.57 Å². The normalized spacial score (nSPS) is 10.9. The molecular weight excluding hydrogens is 452 g/mol. The second-order valence-corrected chi connectivity index (χ2v) is 7.44. The molecule has 1 amide bonds. The van der Waals surface area contributed by atoms with E-state index in [0.717, 1.165) is 10.0 Å². The predicted molar refractivity (Wildman–Crippen MR) is 119 cm³/mol. The van der Waals surface area contributed by atoms with E-state index in [4.69, 9.17) is 16.3 Å². The lowest BCUT2D eigenvalue weighted by Gasteiger charge is -2.11. The maximum absolute atomic E-state index is 12.5. The topological polar surface area (TPSA) is 62.1 Å². The Labute approximate surface area is 182 Å². The van der Waals surface area contributed by atoms with Crippen LogP contribution in [0, 0.1) is 11.3 Å². The van der Waals surface area contributed by atoms with Gasteiger partial charge in [0, 0.05) is 20.7 Å². The highest BCUT2D eigenvalue weighted by molar-refractivity contribution is 9.10. The first-order valence-electron chi connectivity index (χ1n) is 8.70. The Morgan fingerprint density at radius 3 is 2.62 bits per heavy atom. The molecule has 3 rings (SSSR count). The second-order valence-electron chi connectivity index (χ2n) is 6.09. The fourth-order valence-electron chi connectivity index (χ4n) is 2.57. The molecule has 0 saturated carbocycles. The molecule has 3 aromatic carbocycles. The Morgan fingerprint density at radius 1 is 1.10 bits per heavy atom. The molecule has 0 aromatic heterocycles. The van der Waals surface area contributed by atoms with Crippen LogP contribution in [-0.2, 0) is 11.4 Å². The number of rotatable bonds is 6. The number of hydrogen-bond acceptors (Lipinski definition) is 3. The highest BCUT2D eigenvalue weighted by atomic mass is 79.9. The van der Waals surface area contributed by atoms with Crippen LogP contribution in [0.15, 0.2) is 82.8 Å². The molecule has 0 radical (unpaired) electrons. The summed E-state index contributed by atoms with van der Waals surface area (Å²) in [5.41, 5.74) is 2.10. The van der Waals surface area contributed by atoms with Crippen molar-refractivity contribution < 1.29 is 9.53 Å². The van der Waals surface area contributed by atoms with Crippen molar-refractivity contribution in [2.24, 2.45) is 0 Å². The van der Waals surface area contributed by atoms with Crippen LogP contribution in [0.1, 0.15) is 11.1 Å². The zero-order chi connectivity index (χ0) is 20.6. The number of nitrogens with one attached hydrogen (secondary N) is 1. The molecule has 0 bridgehead atoms. The number of benzene rings is 3. The standard InChI is InChI=1S/C23H16BrClN2O2/c24-19-9-10-22(29-15-16-5-2-1-3-6-16)17(12-19)11-18(14-26)23(28)27-21-8-4-7-20(25)13-21/h1-13H,15H2,(H,27,28)/b18-11+. The average molecular weight is 468 g/mol. The van der Waals surface area contributed by atoms with E-state index >= 15 is 0 Å². The Balaban J connectivity index is 1.83. The van der Waals surface area contributed by atoms with E-state index in [1.54, 1.807) is 36.4 Å². The quantitative estimate of drug-likeness (QED) is 0.345. The zero-order valence-corrected chi connectivity index (χ0v) is 17.6. The van der Waals surface area contributed by atoms with Crippen molar-refractivity contribution in [2.75, 3.05) is 5.32 Å². The smallest absolute Gasteiger partial charge is 0.266 e. The van der Waals surface area contributed by atoms with Gasteiger partial charge in [-0.15, -0.1) is 0 Å². The highest BCUT2D eigenvalue weighted by Crippen LogP contribution is 2.27. The number of anilines is 1. The van der Waals surface area contributed by atoms with E-state index in [0.29, 0.717) is 28.6 Å². The first-order chi connectivity index (χ1) is 14.0. The molecular formula is C23H16BrClN2O2. The van der Waals surface area contributed by atoms with Crippen molar-refractivity contribution in [3.05, 3.63) is 99.0 Å². The lowest BCUT2D eigenvalue weighted by molar-refractivity contribution is -0.112. The average Bonchev–Trinajstić information content (AvgIpc) is 2.72. The third-order valence-electron chi connectivity index (χ3n) is 3.96. The molecule has 0 atom stereocenters. The van der Waals surface area contributed by atoms with E-state index in [2.05, 4.69) is 21.2 Å². The van der Waals surface area contributed by atoms with Crippen LogP contribution < -0.4 is 10.1 Å². The van der Waals surface area contributed by atoms with Crippen LogP contribution in [0.5, 0.6) is 5.75 Å². The van der Waals surface area contributed by atoms with Crippen molar-refractivity contribution in [3.8, 4) is 11.8 Å². The van der Waals surface area contributed by atoms with Gasteiger partial charge in [-0.3, -0.25) is 4.79 Å². The molecule has 4 nitrogen and oxygen atoms in total. The van der Waals surface area contributed by atoms with Crippen LogP contribution >= 0.6 is 27.5 Å². The van der Waals surface area contributed by atoms with Crippen LogP contribution in [0.3, 0.4) is 0 Å². The highest BCUT2D eigenvalue weighted by Gasteiger charge is 2.12. The molecule has 144 valence electrons. The molecule has 0 spiro atoms. The molecule has 0 aliphatic heterocycles. The van der Waals surface area contributed by atoms with Crippen molar-refractivity contribution >= 4 is 45.2 Å². The van der Waals surface area contributed by atoms with Gasteiger partial charge in [-0.2, -0.15) is 5.26 Å². The second kappa shape index (κ2) is 9.92. The van der Waals surface area contributed by atoms with Crippen LogP contribution in [-0.4, -0.2) is 5.91 Å². The van der Waals surface area contributed by atoms with Crippen LogP contribution in [0.4, 0.5) is 5.69 Å². The number of amides is 1. The molecule has 3 aromatic rings. The molecule has 0 heterocycles. The number of carbonyl (C=O) groups excluding carboxylic acids is 1. The fraction of sp³-hybridized carbons (Fsp3) is 0.0435. The van der Waals surface area contributed by atoms with Gasteiger partial charge in [-0.1, -0.05) is 63.9 Å². The molecule has 0 unspecified atom stereocenters. The van der Waals surface area contributed by atoms with Crippen molar-refractivity contribution in [3.63, 3.8) is 0 Å². The number of ether oxygens (including phenoxy) is 1. The van der Waals surface area contributed by atoms with Gasteiger partial charge in [0.15, 0.2) is 0 Å². The van der Waals surface area contributed by atoms with Gasteiger partial charge < -0.3 is 10.1 Å². The third kappa shape index (κ3) is 5.95. The summed E-state index contributed by atoms with van der Waals surface area (Å²) in [4.78, 5) is 12.5. The fourth-order valence-corrected chi connectivity index (χ4v) is 3.14. The van der Waals surface area contributed by atoms with Gasteiger partial charge in [-0.05, 0) is 48.0 Å². The van der Waals surface area contributed by atoms with E-state index in [9.17, 15) is 10.1 Å². The van der Waals surface area contributed by atoms with E-state index in [1.165, 1.54) is 6.08 Å². The van der Waals surface area contributed by atoms with E-state index < -0.39 is 5.91 Å². The zero-order valence-electron chi connectivity index (χ0n) is 15.2. The Bertz CT molecular complexity index is 1090. The molecule has 0 fully saturated rings. The SMILES string of the molecule is N#C/C(=C\c1cc(Br)ccc1OCc1ccccc1)C(=O)Nc1cccc(Cl)c1. The first kappa shape index (κ1) is 20.7. The summed E-state index contributed by atoms with van der Waals surface area (Å²) in [5, 5.41) is 12.7. The van der Waals surface area contributed by atoms with Crippen molar-refractivity contribution in [1.29, 1.82) is 5.26 Å². The molecule has 6 heteroatoms. The Hall–Kier alpha value is -3.07.